The number of hydrogen-bond donors (Lipinski definition) is 2. The highest BCUT2D eigenvalue weighted by Crippen LogP contribution is 2.34. The normalized spacial score (nSPS) is 17.1. The Bertz CT molecular complexity index is 1420. The second kappa shape index (κ2) is 12.3. The Hall–Kier alpha value is -3.56. The molecule has 1 aliphatic heterocycles. The zero-order chi connectivity index (χ0) is 28.1. The number of sulfonamides is 1. The third kappa shape index (κ3) is 6.26. The Balaban J connectivity index is 1.41. The van der Waals surface area contributed by atoms with Crippen molar-refractivity contribution in [2.24, 2.45) is 5.92 Å². The van der Waals surface area contributed by atoms with Gasteiger partial charge in [-0.2, -0.15) is 0 Å². The molecule has 1 saturated heterocycles. The van der Waals surface area contributed by atoms with E-state index in [1.54, 1.807) is 13.2 Å². The topological polar surface area (TPSA) is 91.0 Å². The molecule has 1 heterocycles. The van der Waals surface area contributed by atoms with E-state index in [0.29, 0.717) is 37.6 Å². The van der Waals surface area contributed by atoms with E-state index in [4.69, 9.17) is 4.74 Å². The number of methoxy groups -OCH3 is 1. The molecule has 3 aromatic rings. The van der Waals surface area contributed by atoms with Gasteiger partial charge in [0.25, 0.3) is 0 Å². The molecule has 40 heavy (non-hydrogen) atoms. The smallest absolute Gasteiger partial charge is 0.243 e. The molecule has 5 rings (SSSR count). The van der Waals surface area contributed by atoms with Crippen LogP contribution in [0.15, 0.2) is 77.7 Å². The van der Waals surface area contributed by atoms with Crippen LogP contribution in [-0.2, 0) is 14.8 Å². The molecule has 0 bridgehead atoms. The predicted molar refractivity (Wildman–Crippen MR) is 160 cm³/mol. The summed E-state index contributed by atoms with van der Waals surface area (Å²) in [5, 5.41) is 2.98. The minimum Gasteiger partial charge on any atom is -0.495 e. The Kier molecular flexibility index (Phi) is 8.61. The van der Waals surface area contributed by atoms with Gasteiger partial charge in [0.15, 0.2) is 0 Å². The number of carbonyl (C=O) groups excluding carboxylic acids is 1. The first kappa shape index (κ1) is 28.0. The maximum atomic E-state index is 13.9. The highest BCUT2D eigenvalue weighted by molar-refractivity contribution is 7.89. The molecule has 2 N–H and O–H groups in total. The number of carbonyl (C=O) groups is 1. The quantitative estimate of drug-likeness (QED) is 0.373. The lowest BCUT2D eigenvalue weighted by Gasteiger charge is -2.38. The van der Waals surface area contributed by atoms with Gasteiger partial charge in [0, 0.05) is 43.8 Å². The van der Waals surface area contributed by atoms with E-state index in [2.05, 4.69) is 19.8 Å². The summed E-state index contributed by atoms with van der Waals surface area (Å²) in [7, 11) is -2.25. The number of amides is 1. The lowest BCUT2D eigenvalue weighted by Crippen LogP contribution is -2.47. The number of anilines is 3. The number of ether oxygens (including phenoxy) is 1. The van der Waals surface area contributed by atoms with Crippen molar-refractivity contribution < 1.29 is 17.9 Å². The van der Waals surface area contributed by atoms with E-state index < -0.39 is 16.1 Å². The summed E-state index contributed by atoms with van der Waals surface area (Å²) in [6.45, 7) is 4.55. The van der Waals surface area contributed by atoms with Crippen LogP contribution in [-0.4, -0.2) is 47.6 Å². The molecule has 0 spiro atoms. The van der Waals surface area contributed by atoms with Crippen LogP contribution in [0.1, 0.15) is 44.2 Å². The number of para-hydroxylation sites is 2. The van der Waals surface area contributed by atoms with E-state index in [1.165, 1.54) is 0 Å². The van der Waals surface area contributed by atoms with Crippen LogP contribution in [0.2, 0.25) is 0 Å². The lowest BCUT2D eigenvalue weighted by atomic mass is 10.1. The van der Waals surface area contributed by atoms with E-state index in [9.17, 15) is 13.2 Å². The zero-order valence-electron chi connectivity index (χ0n) is 23.2. The molecule has 3 aromatic carbocycles. The Morgan fingerprint density at radius 1 is 0.875 bits per heavy atom. The van der Waals surface area contributed by atoms with Gasteiger partial charge in [-0.1, -0.05) is 55.3 Å². The Morgan fingerprint density at radius 3 is 2.17 bits per heavy atom. The van der Waals surface area contributed by atoms with Crippen molar-refractivity contribution in [2.75, 3.05) is 48.4 Å². The fraction of sp³-hybridized carbons (Fsp3) is 0.387. The molecule has 212 valence electrons. The molecule has 1 saturated carbocycles. The van der Waals surface area contributed by atoms with Gasteiger partial charge in [-0.05, 0) is 55.7 Å². The third-order valence-electron chi connectivity index (χ3n) is 7.92. The molecule has 8 nitrogen and oxygen atoms in total. The standard InChI is InChI=1S/C31H38N4O4S/c1-23(24-10-4-3-5-11-24)33-40(37,38)30-22-26(32-31(36)25-12-6-7-13-25)16-17-28(30)35-20-18-34(19-21-35)27-14-8-9-15-29(27)39-2/h3-5,8-11,14-17,22-23,25,33H,6-7,12-13,18-21H2,1-2H3,(H,32,36)/t23-/m1/s1. The molecule has 0 radical (unpaired) electrons. The van der Waals surface area contributed by atoms with Gasteiger partial charge in [-0.3, -0.25) is 4.79 Å². The van der Waals surface area contributed by atoms with Crippen molar-refractivity contribution in [3.8, 4) is 5.75 Å². The predicted octanol–water partition coefficient (Wildman–Crippen LogP) is 5.19. The number of piperazine rings is 1. The minimum absolute atomic E-state index is 0.0148. The van der Waals surface area contributed by atoms with Gasteiger partial charge in [-0.15, -0.1) is 0 Å². The summed E-state index contributed by atoms with van der Waals surface area (Å²) in [4.78, 5) is 17.4. The summed E-state index contributed by atoms with van der Waals surface area (Å²) in [5.74, 6) is 0.768. The van der Waals surface area contributed by atoms with E-state index >= 15 is 0 Å². The largest absolute Gasteiger partial charge is 0.495 e. The first-order chi connectivity index (χ1) is 19.4. The summed E-state index contributed by atoms with van der Waals surface area (Å²) < 4.78 is 36.1. The molecule has 1 aliphatic carbocycles. The SMILES string of the molecule is COc1ccccc1N1CCN(c2ccc(NC(=O)C3CCCC3)cc2S(=O)(=O)N[C@H](C)c2ccccc2)CC1. The summed E-state index contributed by atoms with van der Waals surface area (Å²) >= 11 is 0. The molecule has 0 unspecified atom stereocenters. The first-order valence-corrected chi connectivity index (χ1v) is 15.5. The van der Waals surface area contributed by atoms with Crippen LogP contribution in [0.5, 0.6) is 5.75 Å². The Labute approximate surface area is 237 Å². The van der Waals surface area contributed by atoms with E-state index in [-0.39, 0.29) is 16.7 Å². The van der Waals surface area contributed by atoms with Crippen LogP contribution >= 0.6 is 0 Å². The molecular weight excluding hydrogens is 524 g/mol. The summed E-state index contributed by atoms with van der Waals surface area (Å²) in [6.07, 6.45) is 3.86. The second-order valence-corrected chi connectivity index (χ2v) is 12.2. The Morgan fingerprint density at radius 2 is 1.50 bits per heavy atom. The second-order valence-electron chi connectivity index (χ2n) is 10.6. The average Bonchev–Trinajstić information content (AvgIpc) is 3.53. The highest BCUT2D eigenvalue weighted by atomic mass is 32.2. The number of hydrogen-bond acceptors (Lipinski definition) is 6. The maximum absolute atomic E-state index is 13.9. The molecular formula is C31H38N4O4S. The molecule has 1 amide bonds. The van der Waals surface area contributed by atoms with Crippen LogP contribution in [0.3, 0.4) is 0 Å². The van der Waals surface area contributed by atoms with Crippen molar-refractivity contribution in [3.05, 3.63) is 78.4 Å². The summed E-state index contributed by atoms with van der Waals surface area (Å²) in [5.41, 5.74) is 3.04. The van der Waals surface area contributed by atoms with Crippen molar-refractivity contribution >= 4 is 33.0 Å². The molecule has 2 aliphatic rings. The number of nitrogens with one attached hydrogen (secondary N) is 2. The average molecular weight is 563 g/mol. The van der Waals surface area contributed by atoms with Crippen LogP contribution in [0, 0.1) is 5.92 Å². The maximum Gasteiger partial charge on any atom is 0.243 e. The third-order valence-corrected chi connectivity index (χ3v) is 9.49. The van der Waals surface area contributed by atoms with Gasteiger partial charge in [0.1, 0.15) is 10.6 Å². The van der Waals surface area contributed by atoms with Crippen LogP contribution in [0.4, 0.5) is 17.1 Å². The fourth-order valence-electron chi connectivity index (χ4n) is 5.69. The summed E-state index contributed by atoms with van der Waals surface area (Å²) in [6, 6.07) is 22.3. The zero-order valence-corrected chi connectivity index (χ0v) is 24.0. The van der Waals surface area contributed by atoms with Crippen molar-refractivity contribution in [1.82, 2.24) is 4.72 Å². The highest BCUT2D eigenvalue weighted by Gasteiger charge is 2.29. The number of benzene rings is 3. The van der Waals surface area contributed by atoms with Gasteiger partial charge in [0.2, 0.25) is 15.9 Å². The van der Waals surface area contributed by atoms with Crippen molar-refractivity contribution in [1.29, 1.82) is 0 Å². The van der Waals surface area contributed by atoms with Gasteiger partial charge in [-0.25, -0.2) is 13.1 Å². The van der Waals surface area contributed by atoms with E-state index in [1.807, 2.05) is 73.7 Å². The van der Waals surface area contributed by atoms with E-state index in [0.717, 1.165) is 42.7 Å². The van der Waals surface area contributed by atoms with Crippen LogP contribution in [0.25, 0.3) is 0 Å². The van der Waals surface area contributed by atoms with Crippen molar-refractivity contribution in [3.63, 3.8) is 0 Å². The van der Waals surface area contributed by atoms with Crippen molar-refractivity contribution in [2.45, 2.75) is 43.5 Å². The molecule has 2 fully saturated rings. The minimum atomic E-state index is -3.92. The van der Waals surface area contributed by atoms with Gasteiger partial charge in [0.05, 0.1) is 18.5 Å². The van der Waals surface area contributed by atoms with Crippen LogP contribution < -0.4 is 24.6 Å². The number of nitrogens with zero attached hydrogens (tertiary/aromatic N) is 2. The monoisotopic (exact) mass is 562 g/mol. The lowest BCUT2D eigenvalue weighted by molar-refractivity contribution is -0.119. The fourth-order valence-corrected chi connectivity index (χ4v) is 7.17. The first-order valence-electron chi connectivity index (χ1n) is 14.0. The van der Waals surface area contributed by atoms with Gasteiger partial charge >= 0.3 is 0 Å². The molecule has 0 aromatic heterocycles. The van der Waals surface area contributed by atoms with Gasteiger partial charge < -0.3 is 19.9 Å². The molecule has 1 atom stereocenters. The molecule has 9 heteroatoms. The number of rotatable bonds is 9.